The van der Waals surface area contributed by atoms with Gasteiger partial charge in [0.05, 0.1) is 6.04 Å². The van der Waals surface area contributed by atoms with Gasteiger partial charge in [-0.05, 0) is 38.8 Å². The van der Waals surface area contributed by atoms with Crippen LogP contribution in [0.15, 0.2) is 42.6 Å². The number of carbonyl (C=O) groups excluding carboxylic acids is 1. The third-order valence-electron chi connectivity index (χ3n) is 4.32. The lowest BCUT2D eigenvalue weighted by atomic mass is 10.0. The maximum Gasteiger partial charge on any atom is 0.228 e. The van der Waals surface area contributed by atoms with Crippen LogP contribution in [-0.2, 0) is 4.79 Å². The Kier molecular flexibility index (Phi) is 4.03. The van der Waals surface area contributed by atoms with Crippen molar-refractivity contribution in [1.29, 1.82) is 0 Å². The van der Waals surface area contributed by atoms with Gasteiger partial charge in [-0.2, -0.15) is 4.98 Å². The maximum absolute atomic E-state index is 12.2. The monoisotopic (exact) mass is 310 g/mol. The molecule has 120 valence electrons. The Hall–Kier alpha value is -2.43. The number of carbonyl (C=O) groups is 1. The van der Waals surface area contributed by atoms with Crippen LogP contribution in [0.2, 0.25) is 0 Å². The summed E-state index contributed by atoms with van der Waals surface area (Å²) in [5.41, 5.74) is 0.965. The summed E-state index contributed by atoms with van der Waals surface area (Å²) in [7, 11) is 0. The SMILES string of the molecule is C[C@H](Nc1nccc(N2C(=O)CCC2(C)C)n1)c1ccccc1. The Morgan fingerprint density at radius 3 is 2.61 bits per heavy atom. The fourth-order valence-corrected chi connectivity index (χ4v) is 2.97. The summed E-state index contributed by atoms with van der Waals surface area (Å²) in [6.07, 6.45) is 3.11. The fourth-order valence-electron chi connectivity index (χ4n) is 2.97. The summed E-state index contributed by atoms with van der Waals surface area (Å²) in [4.78, 5) is 22.8. The normalized spacial score (nSPS) is 18.0. The molecule has 0 radical (unpaired) electrons. The van der Waals surface area contributed by atoms with Crippen LogP contribution in [-0.4, -0.2) is 21.4 Å². The van der Waals surface area contributed by atoms with Crippen molar-refractivity contribution < 1.29 is 4.79 Å². The largest absolute Gasteiger partial charge is 0.348 e. The summed E-state index contributed by atoms with van der Waals surface area (Å²) in [6, 6.07) is 12.0. The fraction of sp³-hybridized carbons (Fsp3) is 0.389. The second-order valence-corrected chi connectivity index (χ2v) is 6.56. The molecule has 1 aliphatic rings. The molecule has 1 aromatic carbocycles. The van der Waals surface area contributed by atoms with Crippen LogP contribution in [0.25, 0.3) is 0 Å². The van der Waals surface area contributed by atoms with E-state index in [0.29, 0.717) is 18.2 Å². The number of aromatic nitrogens is 2. The lowest BCUT2D eigenvalue weighted by Crippen LogP contribution is -2.41. The molecular weight excluding hydrogens is 288 g/mol. The smallest absolute Gasteiger partial charge is 0.228 e. The number of hydrogen-bond acceptors (Lipinski definition) is 4. The highest BCUT2D eigenvalue weighted by molar-refractivity contribution is 5.96. The number of rotatable bonds is 4. The zero-order valence-electron chi connectivity index (χ0n) is 13.8. The average Bonchev–Trinajstić information content (AvgIpc) is 2.81. The van der Waals surface area contributed by atoms with Crippen molar-refractivity contribution in [3.05, 3.63) is 48.2 Å². The van der Waals surface area contributed by atoms with Gasteiger partial charge in [0.25, 0.3) is 0 Å². The van der Waals surface area contributed by atoms with Gasteiger partial charge in [-0.3, -0.25) is 9.69 Å². The zero-order valence-corrected chi connectivity index (χ0v) is 13.8. The number of nitrogens with one attached hydrogen (secondary N) is 1. The van der Waals surface area contributed by atoms with Gasteiger partial charge in [-0.15, -0.1) is 0 Å². The predicted octanol–water partition coefficient (Wildman–Crippen LogP) is 3.56. The summed E-state index contributed by atoms with van der Waals surface area (Å²) in [5, 5.41) is 3.30. The van der Waals surface area contributed by atoms with Crippen LogP contribution in [0, 0.1) is 0 Å². The molecule has 0 unspecified atom stereocenters. The molecule has 0 aliphatic carbocycles. The minimum absolute atomic E-state index is 0.0914. The van der Waals surface area contributed by atoms with Gasteiger partial charge in [-0.1, -0.05) is 30.3 Å². The van der Waals surface area contributed by atoms with Crippen molar-refractivity contribution in [3.63, 3.8) is 0 Å². The van der Waals surface area contributed by atoms with Gasteiger partial charge in [-0.25, -0.2) is 4.98 Å². The Morgan fingerprint density at radius 2 is 1.96 bits per heavy atom. The van der Waals surface area contributed by atoms with E-state index in [4.69, 9.17) is 0 Å². The van der Waals surface area contributed by atoms with Crippen molar-refractivity contribution in [2.24, 2.45) is 0 Å². The molecule has 1 amide bonds. The second-order valence-electron chi connectivity index (χ2n) is 6.56. The van der Waals surface area contributed by atoms with Crippen LogP contribution in [0.5, 0.6) is 0 Å². The number of benzene rings is 1. The van der Waals surface area contributed by atoms with Crippen molar-refractivity contribution in [3.8, 4) is 0 Å². The highest BCUT2D eigenvalue weighted by Gasteiger charge is 2.39. The van der Waals surface area contributed by atoms with Gasteiger partial charge in [0.2, 0.25) is 11.9 Å². The van der Waals surface area contributed by atoms with Crippen molar-refractivity contribution >= 4 is 17.7 Å². The molecule has 3 rings (SSSR count). The highest BCUT2D eigenvalue weighted by atomic mass is 16.2. The van der Waals surface area contributed by atoms with E-state index in [9.17, 15) is 4.79 Å². The Balaban J connectivity index is 1.82. The molecule has 1 atom stereocenters. The van der Waals surface area contributed by atoms with E-state index in [1.165, 1.54) is 5.56 Å². The topological polar surface area (TPSA) is 58.1 Å². The summed E-state index contributed by atoms with van der Waals surface area (Å²) in [6.45, 7) is 6.20. The van der Waals surface area contributed by atoms with Gasteiger partial charge in [0, 0.05) is 18.2 Å². The van der Waals surface area contributed by atoms with Crippen LogP contribution in [0.1, 0.15) is 45.2 Å². The molecule has 5 heteroatoms. The van der Waals surface area contributed by atoms with E-state index in [2.05, 4.69) is 48.2 Å². The minimum Gasteiger partial charge on any atom is -0.348 e. The molecule has 5 nitrogen and oxygen atoms in total. The Bertz CT molecular complexity index is 699. The molecule has 23 heavy (non-hydrogen) atoms. The minimum atomic E-state index is -0.201. The lowest BCUT2D eigenvalue weighted by molar-refractivity contribution is -0.117. The molecule has 0 bridgehead atoms. The first-order chi connectivity index (χ1) is 11.0. The molecule has 0 spiro atoms. The first-order valence-corrected chi connectivity index (χ1v) is 7.95. The molecule has 1 aromatic heterocycles. The van der Waals surface area contributed by atoms with E-state index in [1.807, 2.05) is 18.2 Å². The van der Waals surface area contributed by atoms with E-state index in [-0.39, 0.29) is 17.5 Å². The van der Waals surface area contributed by atoms with Gasteiger partial charge in [0.15, 0.2) is 0 Å². The van der Waals surface area contributed by atoms with Gasteiger partial charge < -0.3 is 5.32 Å². The van der Waals surface area contributed by atoms with Crippen LogP contribution < -0.4 is 10.2 Å². The van der Waals surface area contributed by atoms with E-state index < -0.39 is 0 Å². The molecular formula is C18H22N4O. The van der Waals surface area contributed by atoms with Crippen LogP contribution in [0.4, 0.5) is 11.8 Å². The van der Waals surface area contributed by atoms with Gasteiger partial charge in [0.1, 0.15) is 5.82 Å². The van der Waals surface area contributed by atoms with E-state index in [1.54, 1.807) is 17.2 Å². The Morgan fingerprint density at radius 1 is 1.22 bits per heavy atom. The standard InChI is InChI=1S/C18H22N4O/c1-13(14-7-5-4-6-8-14)20-17-19-12-10-15(21-17)22-16(23)9-11-18(22,2)3/h4-8,10,12-13H,9,11H2,1-3H3,(H,19,20,21)/t13-/m0/s1. The number of hydrogen-bond donors (Lipinski definition) is 1. The maximum atomic E-state index is 12.2. The summed E-state index contributed by atoms with van der Waals surface area (Å²) in [5.74, 6) is 1.32. The van der Waals surface area contributed by atoms with Crippen LogP contribution in [0.3, 0.4) is 0 Å². The molecule has 1 N–H and O–H groups in total. The number of amides is 1. The van der Waals surface area contributed by atoms with E-state index in [0.717, 1.165) is 6.42 Å². The van der Waals surface area contributed by atoms with Crippen LogP contribution >= 0.6 is 0 Å². The zero-order chi connectivity index (χ0) is 16.4. The van der Waals surface area contributed by atoms with Crippen molar-refractivity contribution in [1.82, 2.24) is 9.97 Å². The molecule has 2 heterocycles. The van der Waals surface area contributed by atoms with E-state index >= 15 is 0 Å². The second kappa shape index (κ2) is 5.99. The van der Waals surface area contributed by atoms with Crippen molar-refractivity contribution in [2.45, 2.75) is 45.2 Å². The first-order valence-electron chi connectivity index (χ1n) is 7.95. The molecule has 1 fully saturated rings. The molecule has 1 saturated heterocycles. The molecule has 2 aromatic rings. The third-order valence-corrected chi connectivity index (χ3v) is 4.32. The van der Waals surface area contributed by atoms with Gasteiger partial charge >= 0.3 is 0 Å². The lowest BCUT2D eigenvalue weighted by Gasteiger charge is -2.30. The number of anilines is 2. The van der Waals surface area contributed by atoms with Crippen molar-refractivity contribution in [2.75, 3.05) is 10.2 Å². The molecule has 0 saturated carbocycles. The highest BCUT2D eigenvalue weighted by Crippen LogP contribution is 2.33. The summed E-state index contributed by atoms with van der Waals surface area (Å²) < 4.78 is 0. The first kappa shape index (κ1) is 15.5. The predicted molar refractivity (Wildman–Crippen MR) is 91.3 cm³/mol. The Labute approximate surface area is 136 Å². The summed E-state index contributed by atoms with van der Waals surface area (Å²) >= 11 is 0. The number of nitrogens with zero attached hydrogens (tertiary/aromatic N) is 3. The molecule has 1 aliphatic heterocycles. The third kappa shape index (κ3) is 3.18. The average molecular weight is 310 g/mol. The quantitative estimate of drug-likeness (QED) is 0.938.